The Labute approximate surface area is 155 Å². The summed E-state index contributed by atoms with van der Waals surface area (Å²) >= 11 is 0. The number of hydrogen-bond acceptors (Lipinski definition) is 5. The van der Waals surface area contributed by atoms with Crippen LogP contribution in [0.2, 0.25) is 0 Å². The van der Waals surface area contributed by atoms with E-state index in [1.807, 2.05) is 18.2 Å². The average Bonchev–Trinajstić information content (AvgIpc) is 2.63. The van der Waals surface area contributed by atoms with Crippen LogP contribution in [0.4, 0.5) is 0 Å². The highest BCUT2D eigenvalue weighted by molar-refractivity contribution is 5.80. The third-order valence-corrected chi connectivity index (χ3v) is 3.93. The Balaban J connectivity index is 2.01. The molecule has 0 aliphatic heterocycles. The summed E-state index contributed by atoms with van der Waals surface area (Å²) in [4.78, 5) is 0. The summed E-state index contributed by atoms with van der Waals surface area (Å²) in [6.07, 6.45) is 1.67. The lowest BCUT2D eigenvalue weighted by Gasteiger charge is -2.19. The molecule has 0 amide bonds. The maximum Gasteiger partial charge on any atom is 0.161 e. The third kappa shape index (κ3) is 5.77. The molecule has 0 bridgehead atoms. The standard InChI is InChI=1S/C21H28N2O3/c1-21(2,3)18-8-5-16(6-9-18)15-26-19-10-7-17(13-20(19)25-4)14-23-22-11-12-24/h5-10,13-14,22,24H,11-12,15H2,1-4H3/b23-14+. The van der Waals surface area contributed by atoms with Gasteiger partial charge in [0.15, 0.2) is 11.5 Å². The highest BCUT2D eigenvalue weighted by atomic mass is 16.5. The van der Waals surface area contributed by atoms with Crippen molar-refractivity contribution in [2.24, 2.45) is 5.10 Å². The summed E-state index contributed by atoms with van der Waals surface area (Å²) in [5.41, 5.74) is 6.19. The lowest BCUT2D eigenvalue weighted by Crippen LogP contribution is -2.11. The van der Waals surface area contributed by atoms with Crippen LogP contribution in [0.5, 0.6) is 11.5 Å². The fourth-order valence-corrected chi connectivity index (χ4v) is 2.38. The first-order valence-electron chi connectivity index (χ1n) is 8.71. The first-order valence-corrected chi connectivity index (χ1v) is 8.71. The summed E-state index contributed by atoms with van der Waals surface area (Å²) < 4.78 is 11.3. The summed E-state index contributed by atoms with van der Waals surface area (Å²) in [5, 5.41) is 12.7. The molecule has 0 atom stereocenters. The second-order valence-electron chi connectivity index (χ2n) is 7.04. The number of hydrogen-bond donors (Lipinski definition) is 2. The molecule has 0 radical (unpaired) electrons. The predicted octanol–water partition coefficient (Wildman–Crippen LogP) is 3.49. The number of methoxy groups -OCH3 is 1. The molecule has 2 N–H and O–H groups in total. The Kier molecular flexibility index (Phi) is 7.04. The van der Waals surface area contributed by atoms with Crippen LogP contribution in [0.15, 0.2) is 47.6 Å². The van der Waals surface area contributed by atoms with Crippen LogP contribution in [0.25, 0.3) is 0 Å². The first kappa shape index (κ1) is 19.8. The van der Waals surface area contributed by atoms with Gasteiger partial charge in [-0.15, -0.1) is 0 Å². The van der Waals surface area contributed by atoms with Crippen LogP contribution >= 0.6 is 0 Å². The second kappa shape index (κ2) is 9.25. The molecule has 0 unspecified atom stereocenters. The fraction of sp³-hybridized carbons (Fsp3) is 0.381. The molecule has 140 valence electrons. The van der Waals surface area contributed by atoms with E-state index in [9.17, 15) is 0 Å². The number of aliphatic hydroxyl groups is 1. The van der Waals surface area contributed by atoms with E-state index in [4.69, 9.17) is 14.6 Å². The van der Waals surface area contributed by atoms with Crippen LogP contribution < -0.4 is 14.9 Å². The van der Waals surface area contributed by atoms with Crippen molar-refractivity contribution in [3.63, 3.8) is 0 Å². The molecule has 0 saturated heterocycles. The minimum Gasteiger partial charge on any atom is -0.493 e. The third-order valence-electron chi connectivity index (χ3n) is 3.93. The Morgan fingerprint density at radius 3 is 2.42 bits per heavy atom. The van der Waals surface area contributed by atoms with E-state index in [0.29, 0.717) is 24.7 Å². The Morgan fingerprint density at radius 1 is 1.08 bits per heavy atom. The quantitative estimate of drug-likeness (QED) is 0.432. The maximum atomic E-state index is 8.72. The average molecular weight is 356 g/mol. The van der Waals surface area contributed by atoms with Crippen LogP contribution in [0.1, 0.15) is 37.5 Å². The number of rotatable bonds is 8. The predicted molar refractivity (Wildman–Crippen MR) is 105 cm³/mol. The van der Waals surface area contributed by atoms with Crippen molar-refractivity contribution >= 4 is 6.21 Å². The zero-order chi connectivity index (χ0) is 19.0. The molecule has 26 heavy (non-hydrogen) atoms. The highest BCUT2D eigenvalue weighted by Crippen LogP contribution is 2.29. The van der Waals surface area contributed by atoms with Gasteiger partial charge in [-0.3, -0.25) is 0 Å². The Morgan fingerprint density at radius 2 is 1.81 bits per heavy atom. The van der Waals surface area contributed by atoms with Crippen LogP contribution in [0, 0.1) is 0 Å². The van der Waals surface area contributed by atoms with Crippen molar-refractivity contribution in [2.75, 3.05) is 20.3 Å². The minimum absolute atomic E-state index is 0.0458. The van der Waals surface area contributed by atoms with Gasteiger partial charge in [0.1, 0.15) is 6.61 Å². The Hall–Kier alpha value is -2.53. The molecule has 5 heteroatoms. The van der Waals surface area contributed by atoms with Gasteiger partial charge in [-0.05, 0) is 40.3 Å². The van der Waals surface area contributed by atoms with E-state index in [-0.39, 0.29) is 12.0 Å². The molecule has 0 heterocycles. The SMILES string of the molecule is COc1cc(/C=N/NCCO)ccc1OCc1ccc(C(C)(C)C)cc1. The molecule has 5 nitrogen and oxygen atoms in total. The highest BCUT2D eigenvalue weighted by Gasteiger charge is 2.13. The monoisotopic (exact) mass is 356 g/mol. The molecule has 0 fully saturated rings. The van der Waals surface area contributed by atoms with Gasteiger partial charge in [-0.1, -0.05) is 45.0 Å². The molecule has 0 saturated carbocycles. The van der Waals surface area contributed by atoms with Crippen LogP contribution in [-0.4, -0.2) is 31.6 Å². The summed E-state index contributed by atoms with van der Waals surface area (Å²) in [7, 11) is 1.62. The van der Waals surface area contributed by atoms with Gasteiger partial charge in [0.25, 0.3) is 0 Å². The van der Waals surface area contributed by atoms with Gasteiger partial charge < -0.3 is 20.0 Å². The van der Waals surface area contributed by atoms with Gasteiger partial charge in [0.05, 0.1) is 26.5 Å². The Bertz CT molecular complexity index is 719. The molecule has 0 spiro atoms. The number of aliphatic hydroxyl groups excluding tert-OH is 1. The van der Waals surface area contributed by atoms with Crippen molar-refractivity contribution in [1.29, 1.82) is 0 Å². The zero-order valence-corrected chi connectivity index (χ0v) is 16.0. The molecule has 2 aromatic carbocycles. The molecule has 0 aliphatic carbocycles. The van der Waals surface area contributed by atoms with Crippen molar-refractivity contribution in [3.8, 4) is 11.5 Å². The summed E-state index contributed by atoms with van der Waals surface area (Å²) in [5.74, 6) is 1.34. The first-order chi connectivity index (χ1) is 12.4. The fourth-order valence-electron chi connectivity index (χ4n) is 2.38. The van der Waals surface area contributed by atoms with Crippen LogP contribution in [0.3, 0.4) is 0 Å². The van der Waals surface area contributed by atoms with Crippen molar-refractivity contribution in [2.45, 2.75) is 32.8 Å². The van der Waals surface area contributed by atoms with E-state index in [1.165, 1.54) is 5.56 Å². The molecule has 2 rings (SSSR count). The zero-order valence-electron chi connectivity index (χ0n) is 16.0. The molecular formula is C21H28N2O3. The smallest absolute Gasteiger partial charge is 0.161 e. The van der Waals surface area contributed by atoms with Gasteiger partial charge >= 0.3 is 0 Å². The van der Waals surface area contributed by atoms with Crippen molar-refractivity contribution < 1.29 is 14.6 Å². The lowest BCUT2D eigenvalue weighted by molar-refractivity contribution is 0.284. The second-order valence-corrected chi connectivity index (χ2v) is 7.04. The summed E-state index contributed by atoms with van der Waals surface area (Å²) in [6, 6.07) is 14.1. The number of benzene rings is 2. The van der Waals surface area contributed by atoms with E-state index < -0.39 is 0 Å². The summed E-state index contributed by atoms with van der Waals surface area (Å²) in [6.45, 7) is 7.55. The largest absolute Gasteiger partial charge is 0.493 e. The number of ether oxygens (including phenoxy) is 2. The molecule has 0 aliphatic rings. The molecule has 0 aromatic heterocycles. The van der Waals surface area contributed by atoms with Crippen LogP contribution in [-0.2, 0) is 12.0 Å². The van der Waals surface area contributed by atoms with Gasteiger partial charge in [0, 0.05) is 0 Å². The van der Waals surface area contributed by atoms with Gasteiger partial charge in [-0.2, -0.15) is 5.10 Å². The number of hydrazone groups is 1. The lowest BCUT2D eigenvalue weighted by atomic mass is 9.87. The van der Waals surface area contributed by atoms with E-state index >= 15 is 0 Å². The van der Waals surface area contributed by atoms with E-state index in [2.05, 4.69) is 55.6 Å². The topological polar surface area (TPSA) is 63.1 Å². The number of nitrogens with zero attached hydrogens (tertiary/aromatic N) is 1. The van der Waals surface area contributed by atoms with E-state index in [1.54, 1.807) is 13.3 Å². The number of nitrogens with one attached hydrogen (secondary N) is 1. The maximum absolute atomic E-state index is 8.72. The van der Waals surface area contributed by atoms with Crippen molar-refractivity contribution in [1.82, 2.24) is 5.43 Å². The molecular weight excluding hydrogens is 328 g/mol. The molecule has 2 aromatic rings. The van der Waals surface area contributed by atoms with Gasteiger partial charge in [0.2, 0.25) is 0 Å². The minimum atomic E-state index is 0.0458. The van der Waals surface area contributed by atoms with Gasteiger partial charge in [-0.25, -0.2) is 0 Å². The van der Waals surface area contributed by atoms with Crippen molar-refractivity contribution in [3.05, 3.63) is 59.2 Å². The van der Waals surface area contributed by atoms with E-state index in [0.717, 1.165) is 11.1 Å². The normalized spacial score (nSPS) is 11.6.